The Labute approximate surface area is 151 Å². The van der Waals surface area contributed by atoms with Crippen LogP contribution in [0.25, 0.3) is 10.8 Å². The number of hydrogen-bond donors (Lipinski definition) is 1. The van der Waals surface area contributed by atoms with E-state index in [0.29, 0.717) is 11.6 Å². The van der Waals surface area contributed by atoms with Crippen molar-refractivity contribution < 1.29 is 13.9 Å². The minimum Gasteiger partial charge on any atom is -0.483 e. The SMILES string of the molecule is O=C(NC1CCCCC1)c1coc(COc2cccc3cnccc23)n1. The van der Waals surface area contributed by atoms with Gasteiger partial charge in [-0.3, -0.25) is 9.78 Å². The van der Waals surface area contributed by atoms with Gasteiger partial charge < -0.3 is 14.5 Å². The summed E-state index contributed by atoms with van der Waals surface area (Å²) >= 11 is 0. The maximum absolute atomic E-state index is 12.3. The quantitative estimate of drug-likeness (QED) is 0.755. The molecule has 1 aliphatic carbocycles. The number of carbonyl (C=O) groups is 1. The number of pyridine rings is 1. The van der Waals surface area contributed by atoms with E-state index in [1.54, 1.807) is 12.4 Å². The predicted molar refractivity (Wildman–Crippen MR) is 96.9 cm³/mol. The molecule has 0 saturated heterocycles. The molecule has 1 fully saturated rings. The highest BCUT2D eigenvalue weighted by atomic mass is 16.5. The number of oxazole rings is 1. The summed E-state index contributed by atoms with van der Waals surface area (Å²) in [5.41, 5.74) is 0.302. The molecule has 0 aliphatic heterocycles. The molecule has 0 unspecified atom stereocenters. The molecule has 0 bridgehead atoms. The molecule has 6 heteroatoms. The Morgan fingerprint density at radius 3 is 3.00 bits per heavy atom. The first kappa shape index (κ1) is 16.6. The van der Waals surface area contributed by atoms with Crippen molar-refractivity contribution in [3.8, 4) is 5.75 Å². The molecule has 0 spiro atoms. The van der Waals surface area contributed by atoms with Gasteiger partial charge in [-0.05, 0) is 25.0 Å². The molecule has 134 valence electrons. The number of hydrogen-bond acceptors (Lipinski definition) is 5. The first-order valence-corrected chi connectivity index (χ1v) is 9.00. The Morgan fingerprint density at radius 1 is 1.23 bits per heavy atom. The van der Waals surface area contributed by atoms with Crippen molar-refractivity contribution in [3.05, 3.63) is 54.5 Å². The van der Waals surface area contributed by atoms with E-state index < -0.39 is 0 Å². The van der Waals surface area contributed by atoms with Crippen molar-refractivity contribution in [2.24, 2.45) is 0 Å². The second kappa shape index (κ2) is 7.56. The summed E-state index contributed by atoms with van der Waals surface area (Å²) in [7, 11) is 0. The summed E-state index contributed by atoms with van der Waals surface area (Å²) in [6, 6.07) is 7.94. The van der Waals surface area contributed by atoms with E-state index >= 15 is 0 Å². The minimum atomic E-state index is -0.178. The summed E-state index contributed by atoms with van der Waals surface area (Å²) < 4.78 is 11.2. The highest BCUT2D eigenvalue weighted by Crippen LogP contribution is 2.25. The second-order valence-corrected chi connectivity index (χ2v) is 6.58. The summed E-state index contributed by atoms with van der Waals surface area (Å²) in [5, 5.41) is 5.02. The third-order valence-corrected chi connectivity index (χ3v) is 4.72. The van der Waals surface area contributed by atoms with Crippen molar-refractivity contribution in [3.63, 3.8) is 0 Å². The molecule has 2 aromatic heterocycles. The highest BCUT2D eigenvalue weighted by molar-refractivity contribution is 5.92. The molecule has 26 heavy (non-hydrogen) atoms. The van der Waals surface area contributed by atoms with E-state index in [2.05, 4.69) is 15.3 Å². The van der Waals surface area contributed by atoms with Crippen molar-refractivity contribution in [1.82, 2.24) is 15.3 Å². The van der Waals surface area contributed by atoms with Gasteiger partial charge in [0.05, 0.1) is 0 Å². The molecule has 6 nitrogen and oxygen atoms in total. The van der Waals surface area contributed by atoms with E-state index in [0.717, 1.165) is 29.4 Å². The molecule has 1 amide bonds. The third-order valence-electron chi connectivity index (χ3n) is 4.72. The number of rotatable bonds is 5. The molecular formula is C20H21N3O3. The normalized spacial score (nSPS) is 15.1. The Kier molecular flexibility index (Phi) is 4.82. The molecule has 1 aliphatic rings. The lowest BCUT2D eigenvalue weighted by Gasteiger charge is -2.22. The van der Waals surface area contributed by atoms with Gasteiger partial charge in [0.25, 0.3) is 5.91 Å². The lowest BCUT2D eigenvalue weighted by Crippen LogP contribution is -2.36. The van der Waals surface area contributed by atoms with Gasteiger partial charge in [-0.15, -0.1) is 0 Å². The van der Waals surface area contributed by atoms with Crippen LogP contribution in [0.1, 0.15) is 48.5 Å². The van der Waals surface area contributed by atoms with Gasteiger partial charge in [0.2, 0.25) is 5.89 Å². The van der Waals surface area contributed by atoms with E-state index in [1.165, 1.54) is 25.5 Å². The number of nitrogens with one attached hydrogen (secondary N) is 1. The van der Waals surface area contributed by atoms with Crippen molar-refractivity contribution in [1.29, 1.82) is 0 Å². The Hall–Kier alpha value is -2.89. The summed E-state index contributed by atoms with van der Waals surface area (Å²) in [5.74, 6) is 0.935. The zero-order valence-corrected chi connectivity index (χ0v) is 14.5. The fraction of sp³-hybridized carbons (Fsp3) is 0.350. The molecule has 1 N–H and O–H groups in total. The molecular weight excluding hydrogens is 330 g/mol. The van der Waals surface area contributed by atoms with Gasteiger partial charge in [0.15, 0.2) is 12.3 Å². The molecule has 4 rings (SSSR count). The smallest absolute Gasteiger partial charge is 0.273 e. The van der Waals surface area contributed by atoms with Gasteiger partial charge in [-0.1, -0.05) is 31.4 Å². The van der Waals surface area contributed by atoms with Crippen LogP contribution in [0.4, 0.5) is 0 Å². The van der Waals surface area contributed by atoms with Crippen LogP contribution in [0.5, 0.6) is 5.75 Å². The van der Waals surface area contributed by atoms with Crippen LogP contribution in [0, 0.1) is 0 Å². The third kappa shape index (κ3) is 3.69. The second-order valence-electron chi connectivity index (χ2n) is 6.58. The summed E-state index contributed by atoms with van der Waals surface area (Å²) in [6.45, 7) is 0.165. The van der Waals surface area contributed by atoms with Crippen LogP contribution >= 0.6 is 0 Å². The van der Waals surface area contributed by atoms with Crippen LogP contribution in [0.3, 0.4) is 0 Å². The number of aromatic nitrogens is 2. The van der Waals surface area contributed by atoms with E-state index in [1.807, 2.05) is 24.3 Å². The first-order chi connectivity index (χ1) is 12.8. The van der Waals surface area contributed by atoms with Gasteiger partial charge in [0, 0.05) is 29.2 Å². The Balaban J connectivity index is 1.39. The lowest BCUT2D eigenvalue weighted by molar-refractivity contribution is 0.0922. The lowest BCUT2D eigenvalue weighted by atomic mass is 9.95. The first-order valence-electron chi connectivity index (χ1n) is 9.00. The highest BCUT2D eigenvalue weighted by Gasteiger charge is 2.19. The molecule has 1 aromatic carbocycles. The van der Waals surface area contributed by atoms with Gasteiger partial charge in [0.1, 0.15) is 12.0 Å². The zero-order chi connectivity index (χ0) is 17.8. The molecule has 1 saturated carbocycles. The summed E-state index contributed by atoms with van der Waals surface area (Å²) in [6.07, 6.45) is 10.6. The number of ether oxygens (including phenoxy) is 1. The largest absolute Gasteiger partial charge is 0.483 e. The standard InChI is InChI=1S/C20H21N3O3/c24-20(22-15-6-2-1-3-7-15)17-12-26-19(23-17)13-25-18-8-4-5-14-11-21-10-9-16(14)18/h4-5,8-12,15H,1-3,6-7,13H2,(H,22,24). The van der Waals surface area contributed by atoms with Gasteiger partial charge >= 0.3 is 0 Å². The number of carbonyl (C=O) groups excluding carboxylic acids is 1. The van der Waals surface area contributed by atoms with Gasteiger partial charge in [-0.25, -0.2) is 4.98 Å². The van der Waals surface area contributed by atoms with Crippen LogP contribution in [-0.2, 0) is 6.61 Å². The molecule has 0 radical (unpaired) electrons. The maximum Gasteiger partial charge on any atom is 0.273 e. The minimum absolute atomic E-state index is 0.165. The Morgan fingerprint density at radius 2 is 2.12 bits per heavy atom. The van der Waals surface area contributed by atoms with Crippen molar-refractivity contribution >= 4 is 16.7 Å². The summed E-state index contributed by atoms with van der Waals surface area (Å²) in [4.78, 5) is 20.7. The monoisotopic (exact) mass is 351 g/mol. The average molecular weight is 351 g/mol. The van der Waals surface area contributed by atoms with Gasteiger partial charge in [-0.2, -0.15) is 0 Å². The topological polar surface area (TPSA) is 77.2 Å². The van der Waals surface area contributed by atoms with E-state index in [9.17, 15) is 4.79 Å². The average Bonchev–Trinajstić information content (AvgIpc) is 3.16. The number of fused-ring (bicyclic) bond motifs is 1. The predicted octanol–water partition coefficient (Wildman–Crippen LogP) is 3.86. The van der Waals surface area contributed by atoms with Crippen molar-refractivity contribution in [2.75, 3.05) is 0 Å². The zero-order valence-electron chi connectivity index (χ0n) is 14.5. The Bertz CT molecular complexity index is 895. The van der Waals surface area contributed by atoms with Crippen LogP contribution < -0.4 is 10.1 Å². The molecule has 0 atom stereocenters. The maximum atomic E-state index is 12.3. The van der Waals surface area contributed by atoms with E-state index in [-0.39, 0.29) is 18.6 Å². The fourth-order valence-electron chi connectivity index (χ4n) is 3.35. The molecule has 3 aromatic rings. The fourth-order valence-corrected chi connectivity index (χ4v) is 3.35. The number of nitrogens with zero attached hydrogens (tertiary/aromatic N) is 2. The number of benzene rings is 1. The molecule has 2 heterocycles. The number of amides is 1. The van der Waals surface area contributed by atoms with Crippen molar-refractivity contribution in [2.45, 2.75) is 44.8 Å². The van der Waals surface area contributed by atoms with E-state index in [4.69, 9.17) is 9.15 Å². The van der Waals surface area contributed by atoms with Crippen LogP contribution in [0.2, 0.25) is 0 Å². The van der Waals surface area contributed by atoms with Crippen LogP contribution in [-0.4, -0.2) is 21.9 Å². The van der Waals surface area contributed by atoms with Crippen LogP contribution in [0.15, 0.2) is 47.3 Å².